The summed E-state index contributed by atoms with van der Waals surface area (Å²) in [6.07, 6.45) is 13.2. The molecule has 59 heavy (non-hydrogen) atoms. The van der Waals surface area contributed by atoms with Crippen LogP contribution in [0.25, 0.3) is 0 Å². The van der Waals surface area contributed by atoms with Crippen molar-refractivity contribution in [3.8, 4) is 0 Å². The minimum Gasteiger partial charge on any atom is -0.395 e. The van der Waals surface area contributed by atoms with Crippen molar-refractivity contribution in [2.24, 2.45) is 0 Å². The smallest absolute Gasteiger partial charge is 0.240 e. The highest BCUT2D eigenvalue weighted by Crippen LogP contribution is 2.14. The Labute approximate surface area is 351 Å². The fourth-order valence-corrected chi connectivity index (χ4v) is 6.77. The fourth-order valence-electron chi connectivity index (χ4n) is 6.77. The quantitative estimate of drug-likeness (QED) is 0.0288. The Morgan fingerprint density at radius 2 is 1.20 bits per heavy atom. The molecule has 0 spiro atoms. The summed E-state index contributed by atoms with van der Waals surface area (Å²) >= 11 is 0. The number of aliphatic hydroxyl groups is 6. The summed E-state index contributed by atoms with van der Waals surface area (Å²) in [5.74, 6) is -1.91. The van der Waals surface area contributed by atoms with Gasteiger partial charge < -0.3 is 57.2 Å². The van der Waals surface area contributed by atoms with Gasteiger partial charge in [-0.05, 0) is 26.7 Å². The van der Waals surface area contributed by atoms with E-state index in [9.17, 15) is 49.8 Å². The normalized spacial score (nSPS) is 17.2. The predicted octanol–water partition coefficient (Wildman–Crippen LogP) is -0.0903. The molecule has 0 aromatic rings. The molecule has 344 valence electrons. The lowest BCUT2D eigenvalue weighted by Crippen LogP contribution is -2.64. The van der Waals surface area contributed by atoms with Crippen LogP contribution >= 0.6 is 0 Å². The number of hydrogen-bond donors (Lipinski definition) is 14. The first kappa shape index (κ1) is 54.1. The number of carbonyl (C=O) groups is 4. The van der Waals surface area contributed by atoms with E-state index in [2.05, 4.69) is 49.5 Å². The Kier molecular flexibility index (Phi) is 30.0. The second-order valence-corrected chi connectivity index (χ2v) is 15.8. The third-order valence-electron chi connectivity index (χ3n) is 10.5. The van der Waals surface area contributed by atoms with Crippen molar-refractivity contribution in [2.45, 2.75) is 198 Å². The Bertz CT molecular complexity index is 1200. The average Bonchev–Trinajstić information content (AvgIpc) is 3.72. The van der Waals surface area contributed by atoms with Crippen LogP contribution in [-0.2, 0) is 19.2 Å². The SMILES string of the molecule is CCCCCCCCCCCCCCCC(=O)NCC(=O)N[C@@H](CO)[C@H](O)N[C@@H](CO)[C@H](O)N[C@@H](CC1=CNCN1)[C@H](O)N[C@H](C(=O)N[C@@H](CCCC)C(C)=O)C(C)O. The van der Waals surface area contributed by atoms with Gasteiger partial charge in [0.1, 0.15) is 24.7 Å². The molecule has 0 radical (unpaired) electrons. The van der Waals surface area contributed by atoms with Crippen LogP contribution in [0.2, 0.25) is 0 Å². The standard InChI is InChI=1S/C41H80N8O10/c1-5-7-9-10-11-12-13-14-15-16-17-18-19-21-35(54)43-24-36(55)45-33(25-50)39(57)48-34(26-51)40(58)47-32(22-30-23-42-27-44-30)38(56)49-37(29(4)53)41(59)46-31(28(3)52)20-8-6-2/h23,29,31-34,37-40,42,44,47-51,53,56-58H,5-22,24-27H2,1-4H3,(H,43,54)(H,45,55)(H,46,59)/t29?,31-,32-,33-,34-,37-,38-,39-,40-/m0/s1. The number of nitrogens with one attached hydrogen (secondary N) is 8. The minimum atomic E-state index is -1.67. The van der Waals surface area contributed by atoms with Crippen molar-refractivity contribution in [3.63, 3.8) is 0 Å². The molecule has 0 bridgehead atoms. The monoisotopic (exact) mass is 845 g/mol. The number of amides is 3. The first-order valence-corrected chi connectivity index (χ1v) is 22.0. The van der Waals surface area contributed by atoms with E-state index in [4.69, 9.17) is 0 Å². The zero-order chi connectivity index (χ0) is 44.0. The van der Waals surface area contributed by atoms with Gasteiger partial charge in [-0.25, -0.2) is 0 Å². The third-order valence-corrected chi connectivity index (χ3v) is 10.5. The maximum absolute atomic E-state index is 13.2. The Balaban J connectivity index is 2.66. The summed E-state index contributed by atoms with van der Waals surface area (Å²) < 4.78 is 0. The van der Waals surface area contributed by atoms with Gasteiger partial charge in [-0.1, -0.05) is 104 Å². The highest BCUT2D eigenvalue weighted by Gasteiger charge is 2.34. The second-order valence-electron chi connectivity index (χ2n) is 15.8. The van der Waals surface area contributed by atoms with Gasteiger partial charge in [0.15, 0.2) is 5.78 Å². The second kappa shape index (κ2) is 32.8. The minimum absolute atomic E-state index is 0.0556. The van der Waals surface area contributed by atoms with Crippen molar-refractivity contribution < 1.29 is 49.8 Å². The molecule has 1 unspecified atom stereocenters. The van der Waals surface area contributed by atoms with Gasteiger partial charge in [-0.2, -0.15) is 0 Å². The van der Waals surface area contributed by atoms with Crippen LogP contribution in [0.15, 0.2) is 11.9 Å². The Morgan fingerprint density at radius 3 is 1.71 bits per heavy atom. The topological polar surface area (TPSA) is 286 Å². The van der Waals surface area contributed by atoms with Crippen LogP contribution in [-0.4, -0.2) is 136 Å². The zero-order valence-corrected chi connectivity index (χ0v) is 36.1. The summed E-state index contributed by atoms with van der Waals surface area (Å²) in [6, 6.07) is -5.79. The van der Waals surface area contributed by atoms with Crippen LogP contribution in [0.1, 0.15) is 143 Å². The number of Topliss-reactive ketones (excluding diaryl/α,β-unsaturated/α-hetero) is 1. The van der Waals surface area contributed by atoms with Crippen LogP contribution < -0.4 is 42.5 Å². The van der Waals surface area contributed by atoms with Gasteiger partial charge in [0, 0.05) is 24.7 Å². The van der Waals surface area contributed by atoms with E-state index in [0.29, 0.717) is 31.6 Å². The van der Waals surface area contributed by atoms with Crippen molar-refractivity contribution in [2.75, 3.05) is 26.4 Å². The van der Waals surface area contributed by atoms with E-state index >= 15 is 0 Å². The maximum atomic E-state index is 13.2. The molecule has 0 aromatic carbocycles. The molecule has 0 saturated carbocycles. The van der Waals surface area contributed by atoms with Gasteiger partial charge in [0.2, 0.25) is 17.7 Å². The number of rotatable bonds is 37. The van der Waals surface area contributed by atoms with E-state index in [1.807, 2.05) is 6.92 Å². The molecule has 9 atom stereocenters. The molecule has 1 aliphatic heterocycles. The zero-order valence-electron chi connectivity index (χ0n) is 36.1. The van der Waals surface area contributed by atoms with Crippen molar-refractivity contribution in [3.05, 3.63) is 11.9 Å². The first-order valence-electron chi connectivity index (χ1n) is 22.0. The van der Waals surface area contributed by atoms with Gasteiger partial charge in [-0.3, -0.25) is 35.1 Å². The fraction of sp³-hybridized carbons (Fsp3) is 0.854. The van der Waals surface area contributed by atoms with Crippen LogP contribution in [0.4, 0.5) is 0 Å². The molecule has 0 saturated heterocycles. The number of hydrogen-bond acceptors (Lipinski definition) is 15. The number of ketones is 1. The third kappa shape index (κ3) is 24.2. The molecule has 1 rings (SSSR count). The molecule has 3 amide bonds. The van der Waals surface area contributed by atoms with Gasteiger partial charge in [0.25, 0.3) is 0 Å². The number of aliphatic hydroxyl groups excluding tert-OH is 6. The molecule has 0 aromatic heterocycles. The Morgan fingerprint density at radius 1 is 0.678 bits per heavy atom. The van der Waals surface area contributed by atoms with Crippen molar-refractivity contribution >= 4 is 23.5 Å². The molecule has 0 aliphatic carbocycles. The highest BCUT2D eigenvalue weighted by molar-refractivity contribution is 5.90. The summed E-state index contributed by atoms with van der Waals surface area (Å²) in [5.41, 5.74) is 0.623. The highest BCUT2D eigenvalue weighted by atomic mass is 16.3. The molecule has 18 nitrogen and oxygen atoms in total. The molecule has 0 fully saturated rings. The van der Waals surface area contributed by atoms with Crippen LogP contribution in [0, 0.1) is 0 Å². The molecular weight excluding hydrogens is 764 g/mol. The van der Waals surface area contributed by atoms with Gasteiger partial charge in [-0.15, -0.1) is 0 Å². The summed E-state index contributed by atoms with van der Waals surface area (Å²) in [7, 11) is 0. The maximum Gasteiger partial charge on any atom is 0.240 e. The van der Waals surface area contributed by atoms with E-state index in [-0.39, 0.29) is 31.1 Å². The molecule has 18 heteroatoms. The van der Waals surface area contributed by atoms with Gasteiger partial charge in [0.05, 0.1) is 56.7 Å². The lowest BCUT2D eigenvalue weighted by atomic mass is 10.0. The van der Waals surface area contributed by atoms with E-state index in [1.54, 1.807) is 6.20 Å². The summed E-state index contributed by atoms with van der Waals surface area (Å²) in [5, 5.41) is 85.5. The predicted molar refractivity (Wildman–Crippen MR) is 226 cm³/mol. The first-order chi connectivity index (χ1) is 28.3. The molecule has 1 aliphatic rings. The van der Waals surface area contributed by atoms with Crippen LogP contribution in [0.5, 0.6) is 0 Å². The average molecular weight is 845 g/mol. The lowest BCUT2D eigenvalue weighted by molar-refractivity contribution is -0.131. The van der Waals surface area contributed by atoms with E-state index in [0.717, 1.165) is 25.7 Å². The lowest BCUT2D eigenvalue weighted by Gasteiger charge is -2.35. The van der Waals surface area contributed by atoms with Crippen molar-refractivity contribution in [1.29, 1.82) is 0 Å². The molecule has 1 heterocycles. The number of unbranched alkanes of at least 4 members (excludes halogenated alkanes) is 13. The van der Waals surface area contributed by atoms with Crippen LogP contribution in [0.3, 0.4) is 0 Å². The van der Waals surface area contributed by atoms with E-state index < -0.39 is 80.0 Å². The molecule has 14 N–H and O–H groups in total. The molecular formula is C41H80N8O10. The summed E-state index contributed by atoms with van der Waals surface area (Å²) in [6.45, 7) is 5.45. The van der Waals surface area contributed by atoms with Crippen molar-refractivity contribution in [1.82, 2.24) is 42.5 Å². The summed E-state index contributed by atoms with van der Waals surface area (Å²) in [4.78, 5) is 50.3. The van der Waals surface area contributed by atoms with Gasteiger partial charge >= 0.3 is 0 Å². The Hall–Kier alpha value is -2.94. The number of carbonyl (C=O) groups excluding carboxylic acids is 4. The van der Waals surface area contributed by atoms with E-state index in [1.165, 1.54) is 71.6 Å². The largest absolute Gasteiger partial charge is 0.395 e.